The molecule has 0 spiro atoms. The molecule has 0 heterocycles. The van der Waals surface area contributed by atoms with Crippen LogP contribution < -0.4 is 22.3 Å². The van der Waals surface area contributed by atoms with Gasteiger partial charge in [0.1, 0.15) is 0 Å². The average molecular weight is 206 g/mol. The Balaban J connectivity index is 0. The van der Waals surface area contributed by atoms with E-state index in [2.05, 4.69) is 5.73 Å². The monoisotopic (exact) mass is 206 g/mol. The van der Waals surface area contributed by atoms with Gasteiger partial charge in [-0.1, -0.05) is 0 Å². The first-order valence-corrected chi connectivity index (χ1v) is 3.52. The van der Waals surface area contributed by atoms with Crippen molar-refractivity contribution >= 4 is 17.9 Å². The Labute approximate surface area is 80.6 Å². The zero-order valence-electron chi connectivity index (χ0n) is 7.77. The fourth-order valence-corrected chi connectivity index (χ4v) is 0.294. The molecule has 8 nitrogen and oxygen atoms in total. The zero-order chi connectivity index (χ0) is 11.7. The van der Waals surface area contributed by atoms with Crippen LogP contribution in [0.2, 0.25) is 0 Å². The molecule has 0 aliphatic rings. The van der Waals surface area contributed by atoms with E-state index in [1.807, 2.05) is 0 Å². The number of guanidine groups is 1. The molecule has 0 aliphatic carbocycles. The number of hydrogen-bond acceptors (Lipinski definition) is 4. The van der Waals surface area contributed by atoms with E-state index in [-0.39, 0.29) is 19.0 Å². The first kappa shape index (κ1) is 14.7. The molecule has 0 unspecified atom stereocenters. The van der Waals surface area contributed by atoms with Crippen molar-refractivity contribution in [2.75, 3.05) is 20.1 Å². The fraction of sp³-hybridized carbons (Fsp3) is 0.500. The number of carbonyl (C=O) groups is 2. The van der Waals surface area contributed by atoms with Crippen molar-refractivity contribution in [2.45, 2.75) is 0 Å². The van der Waals surface area contributed by atoms with Gasteiger partial charge in [-0.15, -0.1) is 0 Å². The number of rotatable bonds is 3. The van der Waals surface area contributed by atoms with Crippen LogP contribution in [0.15, 0.2) is 0 Å². The second-order valence-corrected chi connectivity index (χ2v) is 2.25. The van der Waals surface area contributed by atoms with Crippen LogP contribution >= 0.6 is 0 Å². The highest BCUT2D eigenvalue weighted by Gasteiger charge is 2.01. The van der Waals surface area contributed by atoms with Crippen LogP contribution in [-0.2, 0) is 9.59 Å². The van der Waals surface area contributed by atoms with Crippen LogP contribution in [0.25, 0.3) is 0 Å². The minimum Gasteiger partial charge on any atom is -0.549 e. The summed E-state index contributed by atoms with van der Waals surface area (Å²) in [5, 5.41) is 17.3. The molecule has 0 rings (SSSR count). The lowest BCUT2D eigenvalue weighted by Crippen LogP contribution is -2.36. The van der Waals surface area contributed by atoms with Gasteiger partial charge in [0.25, 0.3) is 0 Å². The van der Waals surface area contributed by atoms with Crippen LogP contribution in [0.3, 0.4) is 0 Å². The highest BCUT2D eigenvalue weighted by atomic mass is 16.4. The molecule has 0 aliphatic heterocycles. The number of nitrogens with two attached hydrogens (primary N) is 3. The number of likely N-dealkylation sites (N-methyl/N-ethyl adjacent to an activating group) is 1. The van der Waals surface area contributed by atoms with Gasteiger partial charge >= 0.3 is 11.9 Å². The molecule has 7 N–H and O–H groups in total. The summed E-state index contributed by atoms with van der Waals surface area (Å²) in [6.07, 6.45) is 0. The molecule has 0 saturated carbocycles. The second-order valence-electron chi connectivity index (χ2n) is 2.25. The molecule has 0 atom stereocenters. The van der Waals surface area contributed by atoms with Gasteiger partial charge in [-0.25, -0.2) is 4.79 Å². The molecule has 14 heavy (non-hydrogen) atoms. The SMILES string of the molecule is C[N+](CC(=O)O)=C(N)N.NCC(=O)[O-]. The van der Waals surface area contributed by atoms with Crippen LogP contribution in [-0.4, -0.2) is 47.7 Å². The van der Waals surface area contributed by atoms with Crippen molar-refractivity contribution < 1.29 is 24.4 Å². The molecule has 0 radical (unpaired) electrons. The maximum Gasteiger partial charge on any atom is 0.341 e. The third kappa shape index (κ3) is 12.8. The third-order valence-corrected chi connectivity index (χ3v) is 0.980. The summed E-state index contributed by atoms with van der Waals surface area (Å²) >= 11 is 0. The lowest BCUT2D eigenvalue weighted by molar-refractivity contribution is -0.489. The van der Waals surface area contributed by atoms with E-state index in [1.54, 1.807) is 0 Å². The number of carboxylic acid groups (broad SMARTS) is 2. The zero-order valence-corrected chi connectivity index (χ0v) is 7.77. The van der Waals surface area contributed by atoms with Crippen LogP contribution in [0, 0.1) is 0 Å². The minimum atomic E-state index is -1.22. The maximum absolute atomic E-state index is 9.95. The molecule has 8 heteroatoms. The predicted octanol–water partition coefficient (Wildman–Crippen LogP) is -4.32. The van der Waals surface area contributed by atoms with Gasteiger partial charge in [0, 0.05) is 6.54 Å². The molecule has 0 bridgehead atoms. The summed E-state index contributed by atoms with van der Waals surface area (Å²) < 4.78 is 1.24. The summed E-state index contributed by atoms with van der Waals surface area (Å²) in [7, 11) is 1.50. The van der Waals surface area contributed by atoms with E-state index >= 15 is 0 Å². The quantitative estimate of drug-likeness (QED) is 0.206. The van der Waals surface area contributed by atoms with Crippen LogP contribution in [0.1, 0.15) is 0 Å². The third-order valence-electron chi connectivity index (χ3n) is 0.980. The summed E-state index contributed by atoms with van der Waals surface area (Å²) in [6, 6.07) is 0. The van der Waals surface area contributed by atoms with Gasteiger partial charge in [-0.05, 0) is 0 Å². The fourth-order valence-electron chi connectivity index (χ4n) is 0.294. The highest BCUT2D eigenvalue weighted by molar-refractivity contribution is 5.73. The molecule has 0 aromatic rings. The van der Waals surface area contributed by atoms with E-state index in [4.69, 9.17) is 26.5 Å². The number of carbonyl (C=O) groups excluding carboxylic acids is 1. The van der Waals surface area contributed by atoms with Crippen LogP contribution in [0.5, 0.6) is 0 Å². The van der Waals surface area contributed by atoms with E-state index in [0.717, 1.165) is 0 Å². The summed E-state index contributed by atoms with van der Waals surface area (Å²) in [6.45, 7) is -0.553. The minimum absolute atomic E-state index is 0.0115. The van der Waals surface area contributed by atoms with Crippen molar-refractivity contribution in [3.8, 4) is 0 Å². The first-order chi connectivity index (χ1) is 6.31. The number of aliphatic carboxylic acids is 2. The Kier molecular flexibility index (Phi) is 8.18. The van der Waals surface area contributed by atoms with E-state index < -0.39 is 11.9 Å². The van der Waals surface area contributed by atoms with Crippen molar-refractivity contribution in [3.05, 3.63) is 0 Å². The molecule has 0 aromatic carbocycles. The Morgan fingerprint density at radius 2 is 1.79 bits per heavy atom. The Morgan fingerprint density at radius 3 is 1.86 bits per heavy atom. The van der Waals surface area contributed by atoms with Gasteiger partial charge < -0.3 is 20.7 Å². The molecule has 0 fully saturated rings. The van der Waals surface area contributed by atoms with Crippen LogP contribution in [0.4, 0.5) is 0 Å². The Hall–Kier alpha value is -1.83. The van der Waals surface area contributed by atoms with Crippen molar-refractivity contribution in [1.82, 2.24) is 0 Å². The van der Waals surface area contributed by atoms with E-state index in [9.17, 15) is 4.79 Å². The Morgan fingerprint density at radius 1 is 1.43 bits per heavy atom. The standard InChI is InChI=1S/C4H9N3O2.C2H5NO2/c1-7(4(5)6)2-3(8)9;3-1-2(4)5/h2H2,1H3,(H4,5,6,8,9);1,3H2,(H,4,5). The summed E-state index contributed by atoms with van der Waals surface area (Å²) in [4.78, 5) is 19.1. The molecule has 0 amide bonds. The lowest BCUT2D eigenvalue weighted by Gasteiger charge is -1.95. The van der Waals surface area contributed by atoms with Gasteiger partial charge in [0.15, 0.2) is 6.54 Å². The van der Waals surface area contributed by atoms with Gasteiger partial charge in [-0.2, -0.15) is 0 Å². The Bertz CT molecular complexity index is 234. The molecular formula is C6H14N4O4. The summed E-state index contributed by atoms with van der Waals surface area (Å²) in [5.74, 6) is -2.16. The van der Waals surface area contributed by atoms with E-state index in [0.29, 0.717) is 0 Å². The summed E-state index contributed by atoms with van der Waals surface area (Å²) in [5.41, 5.74) is 14.6. The number of nitrogens with zero attached hydrogens (tertiary/aromatic N) is 1. The largest absolute Gasteiger partial charge is 0.549 e. The molecule has 82 valence electrons. The normalized spacial score (nSPS) is 8.14. The topological polar surface area (TPSA) is 158 Å². The van der Waals surface area contributed by atoms with Crippen molar-refractivity contribution in [3.63, 3.8) is 0 Å². The van der Waals surface area contributed by atoms with Crippen molar-refractivity contribution in [1.29, 1.82) is 0 Å². The molecular weight excluding hydrogens is 192 g/mol. The van der Waals surface area contributed by atoms with Gasteiger partial charge in [0.05, 0.1) is 13.0 Å². The highest BCUT2D eigenvalue weighted by Crippen LogP contribution is 1.65. The second kappa shape index (κ2) is 7.80. The lowest BCUT2D eigenvalue weighted by atomic mass is 10.6. The van der Waals surface area contributed by atoms with Gasteiger partial charge in [0.2, 0.25) is 0 Å². The van der Waals surface area contributed by atoms with Gasteiger partial charge in [-0.3, -0.25) is 16.0 Å². The van der Waals surface area contributed by atoms with Crippen molar-refractivity contribution in [2.24, 2.45) is 17.2 Å². The molecule has 0 saturated heterocycles. The maximum atomic E-state index is 9.95. The number of hydrogen-bond donors (Lipinski definition) is 4. The smallest absolute Gasteiger partial charge is 0.341 e. The predicted molar refractivity (Wildman–Crippen MR) is 46.1 cm³/mol. The number of carboxylic acids is 2. The van der Waals surface area contributed by atoms with E-state index in [1.165, 1.54) is 11.6 Å². The average Bonchev–Trinajstić information content (AvgIpc) is 2.04. The first-order valence-electron chi connectivity index (χ1n) is 3.52. The molecule has 0 aromatic heterocycles.